The molecule has 176 valence electrons. The third kappa shape index (κ3) is 9.23. The van der Waals surface area contributed by atoms with Crippen molar-refractivity contribution < 1.29 is 9.53 Å². The SMILES string of the molecule is C=Cc1ccc(CCCCCCCCCOc2ccc(C=CC(=O)c3ccccc3)cc2)cc1. The molecule has 0 spiro atoms. The van der Waals surface area contributed by atoms with Gasteiger partial charge in [-0.3, -0.25) is 4.79 Å². The van der Waals surface area contributed by atoms with Crippen LogP contribution in [0.25, 0.3) is 12.2 Å². The van der Waals surface area contributed by atoms with Crippen molar-refractivity contribution in [2.75, 3.05) is 6.61 Å². The number of unbranched alkanes of at least 4 members (excludes halogenated alkanes) is 6. The van der Waals surface area contributed by atoms with Crippen molar-refractivity contribution in [3.8, 4) is 5.75 Å². The summed E-state index contributed by atoms with van der Waals surface area (Å²) in [5.74, 6) is 0.895. The number of benzene rings is 3. The van der Waals surface area contributed by atoms with E-state index in [0.29, 0.717) is 5.56 Å². The number of aryl methyl sites for hydroxylation is 1. The van der Waals surface area contributed by atoms with Gasteiger partial charge in [-0.05, 0) is 54.2 Å². The quantitative estimate of drug-likeness (QED) is 0.131. The van der Waals surface area contributed by atoms with E-state index in [-0.39, 0.29) is 5.78 Å². The van der Waals surface area contributed by atoms with E-state index in [1.165, 1.54) is 56.1 Å². The number of hydrogen-bond acceptors (Lipinski definition) is 2. The maximum Gasteiger partial charge on any atom is 0.185 e. The summed E-state index contributed by atoms with van der Waals surface area (Å²) < 4.78 is 5.87. The molecule has 0 amide bonds. The molecule has 34 heavy (non-hydrogen) atoms. The van der Waals surface area contributed by atoms with Crippen LogP contribution in [-0.4, -0.2) is 12.4 Å². The lowest BCUT2D eigenvalue weighted by Crippen LogP contribution is -1.97. The summed E-state index contributed by atoms with van der Waals surface area (Å²) in [6, 6.07) is 25.9. The van der Waals surface area contributed by atoms with Gasteiger partial charge in [0, 0.05) is 5.56 Å². The Morgan fingerprint density at radius 1 is 0.706 bits per heavy atom. The second-order valence-electron chi connectivity index (χ2n) is 8.65. The molecule has 0 unspecified atom stereocenters. The molecule has 0 aromatic heterocycles. The summed E-state index contributed by atoms with van der Waals surface area (Å²) in [5, 5.41) is 0. The van der Waals surface area contributed by atoms with E-state index in [0.717, 1.165) is 24.3 Å². The Morgan fingerprint density at radius 2 is 1.32 bits per heavy atom. The average Bonchev–Trinajstić information content (AvgIpc) is 2.90. The summed E-state index contributed by atoms with van der Waals surface area (Å²) in [4.78, 5) is 12.2. The lowest BCUT2D eigenvalue weighted by Gasteiger charge is -2.07. The predicted molar refractivity (Wildman–Crippen MR) is 144 cm³/mol. The van der Waals surface area contributed by atoms with Gasteiger partial charge in [0.1, 0.15) is 5.75 Å². The van der Waals surface area contributed by atoms with Gasteiger partial charge in [-0.2, -0.15) is 0 Å². The first-order valence-electron chi connectivity index (χ1n) is 12.5. The third-order valence-corrected chi connectivity index (χ3v) is 5.96. The summed E-state index contributed by atoms with van der Waals surface area (Å²) in [6.07, 6.45) is 15.3. The van der Waals surface area contributed by atoms with Crippen LogP contribution in [0.3, 0.4) is 0 Å². The van der Waals surface area contributed by atoms with Crippen molar-refractivity contribution in [1.82, 2.24) is 0 Å². The maximum absolute atomic E-state index is 12.2. The molecular formula is C32H36O2. The first-order valence-corrected chi connectivity index (χ1v) is 12.5. The average molecular weight is 453 g/mol. The van der Waals surface area contributed by atoms with Gasteiger partial charge in [-0.1, -0.05) is 118 Å². The fourth-order valence-electron chi connectivity index (χ4n) is 3.87. The van der Waals surface area contributed by atoms with Gasteiger partial charge in [0.15, 0.2) is 5.78 Å². The van der Waals surface area contributed by atoms with Crippen molar-refractivity contribution >= 4 is 17.9 Å². The Kier molecular flexibility index (Phi) is 10.9. The molecule has 0 N–H and O–H groups in total. The molecule has 0 saturated carbocycles. The largest absolute Gasteiger partial charge is 0.494 e. The molecular weight excluding hydrogens is 416 g/mol. The van der Waals surface area contributed by atoms with Crippen LogP contribution in [-0.2, 0) is 6.42 Å². The lowest BCUT2D eigenvalue weighted by molar-refractivity contribution is 0.104. The van der Waals surface area contributed by atoms with Gasteiger partial charge in [0.25, 0.3) is 0 Å². The molecule has 0 aliphatic carbocycles. The highest BCUT2D eigenvalue weighted by Gasteiger charge is 2.00. The van der Waals surface area contributed by atoms with E-state index < -0.39 is 0 Å². The predicted octanol–water partition coefficient (Wildman–Crippen LogP) is 8.58. The van der Waals surface area contributed by atoms with Crippen molar-refractivity contribution in [3.63, 3.8) is 0 Å². The zero-order chi connectivity index (χ0) is 23.8. The van der Waals surface area contributed by atoms with Crippen LogP contribution in [0, 0.1) is 0 Å². The lowest BCUT2D eigenvalue weighted by atomic mass is 10.0. The van der Waals surface area contributed by atoms with Crippen molar-refractivity contribution in [2.24, 2.45) is 0 Å². The zero-order valence-electron chi connectivity index (χ0n) is 20.1. The van der Waals surface area contributed by atoms with Crippen LogP contribution in [0.1, 0.15) is 72.0 Å². The zero-order valence-corrected chi connectivity index (χ0v) is 20.1. The molecule has 2 nitrogen and oxygen atoms in total. The van der Waals surface area contributed by atoms with Crippen LogP contribution < -0.4 is 4.74 Å². The molecule has 0 heterocycles. The van der Waals surface area contributed by atoms with E-state index in [9.17, 15) is 4.79 Å². The number of rotatable bonds is 15. The van der Waals surface area contributed by atoms with Gasteiger partial charge >= 0.3 is 0 Å². The molecule has 0 saturated heterocycles. The second kappa shape index (κ2) is 14.7. The molecule has 0 fully saturated rings. The molecule has 3 aromatic rings. The third-order valence-electron chi connectivity index (χ3n) is 5.96. The second-order valence-corrected chi connectivity index (χ2v) is 8.65. The van der Waals surface area contributed by atoms with Gasteiger partial charge in [-0.15, -0.1) is 0 Å². The van der Waals surface area contributed by atoms with Crippen LogP contribution >= 0.6 is 0 Å². The molecule has 3 aromatic carbocycles. The standard InChI is InChI=1S/C32H36O2/c1-2-27-16-18-28(19-17-27)13-9-6-4-3-5-7-12-26-34-31-23-20-29(21-24-31)22-25-32(33)30-14-10-8-11-15-30/h2,8,10-11,14-25H,1,3-7,9,12-13,26H2. The highest BCUT2D eigenvalue weighted by Crippen LogP contribution is 2.16. The van der Waals surface area contributed by atoms with Crippen molar-refractivity contribution in [1.29, 1.82) is 0 Å². The molecule has 3 rings (SSSR count). The number of carbonyl (C=O) groups is 1. The van der Waals surface area contributed by atoms with E-state index in [2.05, 4.69) is 30.8 Å². The Bertz CT molecular complexity index is 1010. The monoisotopic (exact) mass is 452 g/mol. The van der Waals surface area contributed by atoms with Gasteiger partial charge < -0.3 is 4.74 Å². The maximum atomic E-state index is 12.2. The number of carbonyl (C=O) groups excluding carboxylic acids is 1. The number of ether oxygens (including phenoxy) is 1. The summed E-state index contributed by atoms with van der Waals surface area (Å²) in [7, 11) is 0. The van der Waals surface area contributed by atoms with E-state index >= 15 is 0 Å². The molecule has 2 heteroatoms. The molecule has 0 aliphatic rings. The first kappa shape index (κ1) is 25.2. The van der Waals surface area contributed by atoms with Crippen molar-refractivity contribution in [2.45, 2.75) is 51.4 Å². The number of ketones is 1. The Labute approximate surface area is 205 Å². The number of hydrogen-bond donors (Lipinski definition) is 0. The fraction of sp³-hybridized carbons (Fsp3) is 0.281. The number of allylic oxidation sites excluding steroid dienone is 1. The van der Waals surface area contributed by atoms with Gasteiger partial charge in [-0.25, -0.2) is 0 Å². The first-order chi connectivity index (χ1) is 16.7. The summed E-state index contributed by atoms with van der Waals surface area (Å²) >= 11 is 0. The van der Waals surface area contributed by atoms with Gasteiger partial charge in [0.2, 0.25) is 0 Å². The Morgan fingerprint density at radius 3 is 2.00 bits per heavy atom. The molecule has 0 bridgehead atoms. The smallest absolute Gasteiger partial charge is 0.185 e. The van der Waals surface area contributed by atoms with E-state index in [1.807, 2.05) is 66.7 Å². The highest BCUT2D eigenvalue weighted by molar-refractivity contribution is 6.06. The Balaban J connectivity index is 1.21. The summed E-state index contributed by atoms with van der Waals surface area (Å²) in [5.41, 5.74) is 4.31. The fourth-order valence-corrected chi connectivity index (χ4v) is 3.87. The van der Waals surface area contributed by atoms with E-state index in [4.69, 9.17) is 4.74 Å². The summed E-state index contributed by atoms with van der Waals surface area (Å²) in [6.45, 7) is 4.55. The molecule has 0 atom stereocenters. The van der Waals surface area contributed by atoms with Crippen LogP contribution in [0.2, 0.25) is 0 Å². The highest BCUT2D eigenvalue weighted by atomic mass is 16.5. The minimum atomic E-state index is 0.0134. The van der Waals surface area contributed by atoms with Crippen LogP contribution in [0.4, 0.5) is 0 Å². The molecule has 0 aliphatic heterocycles. The molecule has 0 radical (unpaired) electrons. The topological polar surface area (TPSA) is 26.3 Å². The van der Waals surface area contributed by atoms with Crippen LogP contribution in [0.5, 0.6) is 5.75 Å². The minimum absolute atomic E-state index is 0.0134. The minimum Gasteiger partial charge on any atom is -0.494 e. The normalized spacial score (nSPS) is 10.9. The van der Waals surface area contributed by atoms with Crippen LogP contribution in [0.15, 0.2) is 91.5 Å². The van der Waals surface area contributed by atoms with E-state index in [1.54, 1.807) is 6.08 Å². The Hall–Kier alpha value is -3.39. The van der Waals surface area contributed by atoms with Crippen molar-refractivity contribution in [3.05, 3.63) is 114 Å². The van der Waals surface area contributed by atoms with Gasteiger partial charge in [0.05, 0.1) is 6.61 Å².